The van der Waals surface area contributed by atoms with Crippen molar-refractivity contribution in [1.29, 1.82) is 5.26 Å². The number of aryl methyl sites for hydroxylation is 1. The summed E-state index contributed by atoms with van der Waals surface area (Å²) in [5, 5.41) is 20.7. The number of phenolic OH excluding ortho intramolecular Hbond substituents is 1. The monoisotopic (exact) mass is 252 g/mol. The lowest BCUT2D eigenvalue weighted by molar-refractivity contribution is 0.102. The van der Waals surface area contributed by atoms with E-state index in [1.54, 1.807) is 37.3 Å². The number of rotatable bonds is 2. The standard InChI is InChI=1S/C15H12N2O2/c1-10-8-13(18)6-7-14(10)15(19)17-12-4-2-11(9-16)3-5-12/h2-8,18H,1H3,(H,17,19). The summed E-state index contributed by atoms with van der Waals surface area (Å²) in [6.07, 6.45) is 0. The van der Waals surface area contributed by atoms with Crippen LogP contribution in [0.1, 0.15) is 21.5 Å². The first kappa shape index (κ1) is 12.7. The predicted molar refractivity (Wildman–Crippen MR) is 72.0 cm³/mol. The predicted octanol–water partition coefficient (Wildman–Crippen LogP) is 2.82. The zero-order valence-corrected chi connectivity index (χ0v) is 10.3. The molecule has 0 radical (unpaired) electrons. The van der Waals surface area contributed by atoms with Gasteiger partial charge in [0, 0.05) is 11.3 Å². The van der Waals surface area contributed by atoms with E-state index < -0.39 is 0 Å². The zero-order chi connectivity index (χ0) is 13.8. The molecule has 0 aromatic heterocycles. The number of nitrogens with one attached hydrogen (secondary N) is 1. The highest BCUT2D eigenvalue weighted by Crippen LogP contribution is 2.17. The van der Waals surface area contributed by atoms with Gasteiger partial charge in [0.25, 0.3) is 5.91 Å². The molecule has 4 heteroatoms. The molecule has 19 heavy (non-hydrogen) atoms. The molecule has 0 aliphatic rings. The van der Waals surface area contributed by atoms with Gasteiger partial charge in [-0.1, -0.05) is 0 Å². The van der Waals surface area contributed by atoms with Gasteiger partial charge in [-0.15, -0.1) is 0 Å². The van der Waals surface area contributed by atoms with E-state index >= 15 is 0 Å². The molecule has 0 atom stereocenters. The highest BCUT2D eigenvalue weighted by Gasteiger charge is 2.09. The molecule has 2 rings (SSSR count). The van der Waals surface area contributed by atoms with E-state index in [0.717, 1.165) is 0 Å². The number of amides is 1. The van der Waals surface area contributed by atoms with Gasteiger partial charge in [0.2, 0.25) is 0 Å². The van der Waals surface area contributed by atoms with Crippen LogP contribution in [0.5, 0.6) is 5.75 Å². The van der Waals surface area contributed by atoms with E-state index in [4.69, 9.17) is 5.26 Å². The quantitative estimate of drug-likeness (QED) is 0.863. The lowest BCUT2D eigenvalue weighted by atomic mass is 10.1. The largest absolute Gasteiger partial charge is 0.508 e. The third-order valence-electron chi connectivity index (χ3n) is 2.73. The smallest absolute Gasteiger partial charge is 0.255 e. The van der Waals surface area contributed by atoms with Crippen LogP contribution in [0.15, 0.2) is 42.5 Å². The lowest BCUT2D eigenvalue weighted by Gasteiger charge is -2.08. The molecule has 4 nitrogen and oxygen atoms in total. The van der Waals surface area contributed by atoms with Crippen LogP contribution in [-0.4, -0.2) is 11.0 Å². The van der Waals surface area contributed by atoms with E-state index in [1.165, 1.54) is 12.1 Å². The Morgan fingerprint density at radius 3 is 2.47 bits per heavy atom. The maximum absolute atomic E-state index is 12.0. The minimum absolute atomic E-state index is 0.132. The van der Waals surface area contributed by atoms with Crippen LogP contribution in [0.2, 0.25) is 0 Å². The van der Waals surface area contributed by atoms with Crippen molar-refractivity contribution in [2.75, 3.05) is 5.32 Å². The van der Waals surface area contributed by atoms with Gasteiger partial charge in [-0.3, -0.25) is 4.79 Å². The Labute approximate surface area is 110 Å². The Kier molecular flexibility index (Phi) is 3.48. The Hall–Kier alpha value is -2.80. The molecule has 0 fully saturated rings. The fourth-order valence-corrected chi connectivity index (χ4v) is 1.73. The van der Waals surface area contributed by atoms with Crippen LogP contribution in [-0.2, 0) is 0 Å². The first-order valence-corrected chi connectivity index (χ1v) is 5.71. The number of carbonyl (C=O) groups is 1. The van der Waals surface area contributed by atoms with Crippen LogP contribution in [0, 0.1) is 18.3 Å². The SMILES string of the molecule is Cc1cc(O)ccc1C(=O)Nc1ccc(C#N)cc1. The average molecular weight is 252 g/mol. The van der Waals surface area contributed by atoms with Crippen molar-refractivity contribution in [2.45, 2.75) is 6.92 Å². The summed E-state index contributed by atoms with van der Waals surface area (Å²) in [6.45, 7) is 1.76. The van der Waals surface area contributed by atoms with Gasteiger partial charge in [0.1, 0.15) is 5.75 Å². The number of nitrogens with zero attached hydrogens (tertiary/aromatic N) is 1. The minimum Gasteiger partial charge on any atom is -0.508 e. The summed E-state index contributed by atoms with van der Waals surface area (Å²) in [4.78, 5) is 12.0. The molecule has 2 N–H and O–H groups in total. The molecule has 1 amide bonds. The highest BCUT2D eigenvalue weighted by atomic mass is 16.3. The maximum atomic E-state index is 12.0. The van der Waals surface area contributed by atoms with Crippen molar-refractivity contribution in [3.05, 3.63) is 59.2 Å². The molecular formula is C15H12N2O2. The van der Waals surface area contributed by atoms with E-state index in [-0.39, 0.29) is 11.7 Å². The lowest BCUT2D eigenvalue weighted by Crippen LogP contribution is -2.13. The van der Waals surface area contributed by atoms with Crippen molar-refractivity contribution >= 4 is 11.6 Å². The molecule has 0 heterocycles. The minimum atomic E-state index is -0.248. The van der Waals surface area contributed by atoms with Gasteiger partial charge in [-0.05, 0) is 55.0 Å². The number of benzene rings is 2. The third kappa shape index (κ3) is 2.90. The third-order valence-corrected chi connectivity index (χ3v) is 2.73. The van der Waals surface area contributed by atoms with Gasteiger partial charge in [0.15, 0.2) is 0 Å². The number of carbonyl (C=O) groups excluding carboxylic acids is 1. The van der Waals surface area contributed by atoms with Crippen LogP contribution >= 0.6 is 0 Å². The Balaban J connectivity index is 2.18. The average Bonchev–Trinajstić information content (AvgIpc) is 2.39. The van der Waals surface area contributed by atoms with Crippen molar-refractivity contribution in [3.8, 4) is 11.8 Å². The molecule has 0 aliphatic carbocycles. The van der Waals surface area contributed by atoms with E-state index in [9.17, 15) is 9.90 Å². The molecule has 0 saturated heterocycles. The number of hydrogen-bond donors (Lipinski definition) is 2. The first-order valence-electron chi connectivity index (χ1n) is 5.71. The van der Waals surface area contributed by atoms with Gasteiger partial charge < -0.3 is 10.4 Å². The molecule has 0 saturated carbocycles. The Bertz CT molecular complexity index is 655. The number of nitriles is 1. The van der Waals surface area contributed by atoms with Gasteiger partial charge in [-0.2, -0.15) is 5.26 Å². The molecule has 0 bridgehead atoms. The summed E-state index contributed by atoms with van der Waals surface area (Å²) >= 11 is 0. The molecule has 2 aromatic rings. The Morgan fingerprint density at radius 1 is 1.21 bits per heavy atom. The Morgan fingerprint density at radius 2 is 1.89 bits per heavy atom. The summed E-state index contributed by atoms with van der Waals surface area (Å²) < 4.78 is 0. The second kappa shape index (κ2) is 5.23. The van der Waals surface area contributed by atoms with Gasteiger partial charge in [0.05, 0.1) is 11.6 Å². The summed E-state index contributed by atoms with van der Waals surface area (Å²) in [5.74, 6) is -0.116. The number of phenols is 1. The van der Waals surface area contributed by atoms with E-state index in [1.807, 2.05) is 6.07 Å². The second-order valence-electron chi connectivity index (χ2n) is 4.14. The van der Waals surface area contributed by atoms with Crippen molar-refractivity contribution < 1.29 is 9.90 Å². The number of anilines is 1. The van der Waals surface area contributed by atoms with Crippen LogP contribution in [0.3, 0.4) is 0 Å². The van der Waals surface area contributed by atoms with Crippen molar-refractivity contribution in [3.63, 3.8) is 0 Å². The first-order chi connectivity index (χ1) is 9.10. The topological polar surface area (TPSA) is 73.1 Å². The molecule has 2 aromatic carbocycles. The van der Waals surface area contributed by atoms with E-state index in [2.05, 4.69) is 5.32 Å². The van der Waals surface area contributed by atoms with Crippen molar-refractivity contribution in [2.24, 2.45) is 0 Å². The molecule has 94 valence electrons. The second-order valence-corrected chi connectivity index (χ2v) is 4.14. The summed E-state index contributed by atoms with van der Waals surface area (Å²) in [6, 6.07) is 13.2. The molecule has 0 aliphatic heterocycles. The molecular weight excluding hydrogens is 240 g/mol. The summed E-state index contributed by atoms with van der Waals surface area (Å²) in [7, 11) is 0. The molecule has 0 spiro atoms. The number of hydrogen-bond acceptors (Lipinski definition) is 3. The van der Waals surface area contributed by atoms with Gasteiger partial charge >= 0.3 is 0 Å². The fourth-order valence-electron chi connectivity index (χ4n) is 1.73. The maximum Gasteiger partial charge on any atom is 0.255 e. The number of aromatic hydroxyl groups is 1. The van der Waals surface area contributed by atoms with E-state index in [0.29, 0.717) is 22.4 Å². The normalized spacial score (nSPS) is 9.68. The summed E-state index contributed by atoms with van der Waals surface area (Å²) in [5.41, 5.74) is 2.36. The zero-order valence-electron chi connectivity index (χ0n) is 10.3. The van der Waals surface area contributed by atoms with Crippen molar-refractivity contribution in [1.82, 2.24) is 0 Å². The van der Waals surface area contributed by atoms with Crippen LogP contribution in [0.25, 0.3) is 0 Å². The van der Waals surface area contributed by atoms with Gasteiger partial charge in [-0.25, -0.2) is 0 Å². The molecule has 0 unspecified atom stereocenters. The fraction of sp³-hybridized carbons (Fsp3) is 0.0667. The van der Waals surface area contributed by atoms with Crippen LogP contribution < -0.4 is 5.32 Å². The highest BCUT2D eigenvalue weighted by molar-refractivity contribution is 6.05. The van der Waals surface area contributed by atoms with Crippen LogP contribution in [0.4, 0.5) is 5.69 Å².